The average molecular weight is 190 g/mol. The summed E-state index contributed by atoms with van der Waals surface area (Å²) >= 11 is 0. The molecule has 0 heterocycles. The lowest BCUT2D eigenvalue weighted by Gasteiger charge is -2.07. The summed E-state index contributed by atoms with van der Waals surface area (Å²) in [6.07, 6.45) is 0. The van der Waals surface area contributed by atoms with Crippen LogP contribution in [-0.2, 0) is 0 Å². The van der Waals surface area contributed by atoms with Crippen LogP contribution >= 0.6 is 0 Å². The molecule has 1 aromatic carbocycles. The maximum atomic E-state index is 11.2. The molecule has 1 rings (SSSR count). The van der Waals surface area contributed by atoms with E-state index in [0.717, 1.165) is 11.1 Å². The van der Waals surface area contributed by atoms with E-state index in [0.29, 0.717) is 11.1 Å². The van der Waals surface area contributed by atoms with Gasteiger partial charge in [0.05, 0.1) is 0 Å². The van der Waals surface area contributed by atoms with Crippen molar-refractivity contribution in [3.05, 3.63) is 34.4 Å². The van der Waals surface area contributed by atoms with Crippen molar-refractivity contribution in [2.45, 2.75) is 27.7 Å². The zero-order valence-corrected chi connectivity index (χ0v) is 8.97. The predicted molar refractivity (Wildman–Crippen MR) is 55.9 cm³/mol. The van der Waals surface area contributed by atoms with E-state index in [-0.39, 0.29) is 11.6 Å². The van der Waals surface area contributed by atoms with Gasteiger partial charge in [0.15, 0.2) is 11.6 Å². The van der Waals surface area contributed by atoms with Crippen molar-refractivity contribution in [3.8, 4) is 0 Å². The molecule has 0 unspecified atom stereocenters. The molecule has 74 valence electrons. The Morgan fingerprint density at radius 1 is 0.857 bits per heavy atom. The summed E-state index contributed by atoms with van der Waals surface area (Å²) in [4.78, 5) is 22.5. The number of carbonyl (C=O) groups is 2. The molecule has 0 fully saturated rings. The van der Waals surface area contributed by atoms with Crippen LogP contribution in [0.15, 0.2) is 12.1 Å². The van der Waals surface area contributed by atoms with Crippen molar-refractivity contribution >= 4 is 11.6 Å². The lowest BCUT2D eigenvalue weighted by Crippen LogP contribution is -2.03. The quantitative estimate of drug-likeness (QED) is 0.672. The third kappa shape index (κ3) is 1.90. The van der Waals surface area contributed by atoms with Gasteiger partial charge in [-0.1, -0.05) is 6.07 Å². The van der Waals surface area contributed by atoms with Crippen LogP contribution in [0.3, 0.4) is 0 Å². The summed E-state index contributed by atoms with van der Waals surface area (Å²) in [5.41, 5.74) is 3.14. The van der Waals surface area contributed by atoms with Crippen molar-refractivity contribution in [3.63, 3.8) is 0 Å². The van der Waals surface area contributed by atoms with Gasteiger partial charge in [-0.3, -0.25) is 9.59 Å². The van der Waals surface area contributed by atoms with E-state index in [2.05, 4.69) is 0 Å². The van der Waals surface area contributed by atoms with Crippen LogP contribution < -0.4 is 0 Å². The lowest BCUT2D eigenvalue weighted by molar-refractivity contribution is 0.101. The van der Waals surface area contributed by atoms with Crippen LogP contribution in [0, 0.1) is 13.8 Å². The van der Waals surface area contributed by atoms with E-state index in [1.54, 1.807) is 6.07 Å². The first-order valence-electron chi connectivity index (χ1n) is 4.56. The topological polar surface area (TPSA) is 34.1 Å². The minimum atomic E-state index is 0.00463. The van der Waals surface area contributed by atoms with E-state index in [9.17, 15) is 9.59 Å². The van der Waals surface area contributed by atoms with Gasteiger partial charge in [0, 0.05) is 11.1 Å². The molecule has 1 aromatic rings. The largest absolute Gasteiger partial charge is 0.295 e. The molecule has 0 aliphatic carbocycles. The molecule has 14 heavy (non-hydrogen) atoms. The fourth-order valence-electron chi connectivity index (χ4n) is 1.61. The van der Waals surface area contributed by atoms with E-state index in [1.807, 2.05) is 19.9 Å². The Bertz CT molecular complexity index is 368. The molecule has 0 radical (unpaired) electrons. The Labute approximate surface area is 83.9 Å². The van der Waals surface area contributed by atoms with Crippen molar-refractivity contribution < 1.29 is 9.59 Å². The first-order chi connectivity index (χ1) is 6.43. The zero-order valence-electron chi connectivity index (χ0n) is 8.97. The summed E-state index contributed by atoms with van der Waals surface area (Å²) in [6, 6.07) is 3.57. The number of hydrogen-bond donors (Lipinski definition) is 0. The van der Waals surface area contributed by atoms with Crippen LogP contribution in [0.2, 0.25) is 0 Å². The smallest absolute Gasteiger partial charge is 0.160 e. The minimum Gasteiger partial charge on any atom is -0.295 e. The van der Waals surface area contributed by atoms with Crippen LogP contribution in [0.1, 0.15) is 45.7 Å². The second kappa shape index (κ2) is 3.74. The Balaban J connectivity index is 3.42. The number of carbonyl (C=O) groups excluding carboxylic acids is 2. The van der Waals surface area contributed by atoms with E-state index in [4.69, 9.17) is 0 Å². The monoisotopic (exact) mass is 190 g/mol. The highest BCUT2D eigenvalue weighted by Crippen LogP contribution is 2.17. The van der Waals surface area contributed by atoms with Crippen molar-refractivity contribution in [2.75, 3.05) is 0 Å². The van der Waals surface area contributed by atoms with Gasteiger partial charge in [0.1, 0.15) is 0 Å². The number of hydrogen-bond acceptors (Lipinski definition) is 2. The molecule has 0 aliphatic heterocycles. The Kier molecular flexibility index (Phi) is 2.84. The Morgan fingerprint density at radius 3 is 1.50 bits per heavy atom. The van der Waals surface area contributed by atoms with Crippen molar-refractivity contribution in [2.24, 2.45) is 0 Å². The molecule has 0 amide bonds. The first kappa shape index (κ1) is 10.6. The maximum Gasteiger partial charge on any atom is 0.160 e. The molecule has 0 saturated carbocycles. The van der Waals surface area contributed by atoms with Gasteiger partial charge in [-0.25, -0.2) is 0 Å². The molecular formula is C12H14O2. The van der Waals surface area contributed by atoms with E-state index >= 15 is 0 Å². The summed E-state index contributed by atoms with van der Waals surface area (Å²) < 4.78 is 0. The number of aryl methyl sites for hydroxylation is 2. The van der Waals surface area contributed by atoms with Gasteiger partial charge in [-0.05, 0) is 44.9 Å². The Hall–Kier alpha value is -1.44. The highest BCUT2D eigenvalue weighted by Gasteiger charge is 2.10. The second-order valence-electron chi connectivity index (χ2n) is 3.59. The van der Waals surface area contributed by atoms with Crippen LogP contribution in [-0.4, -0.2) is 11.6 Å². The number of rotatable bonds is 2. The summed E-state index contributed by atoms with van der Waals surface area (Å²) in [5.74, 6) is 0.00926. The number of ketones is 2. The number of Topliss-reactive ketones (excluding diaryl/α,β-unsaturated/α-hetero) is 2. The van der Waals surface area contributed by atoms with E-state index < -0.39 is 0 Å². The second-order valence-corrected chi connectivity index (χ2v) is 3.59. The third-order valence-electron chi connectivity index (χ3n) is 2.33. The molecule has 2 heteroatoms. The minimum absolute atomic E-state index is 0.00463. The van der Waals surface area contributed by atoms with E-state index in [1.165, 1.54) is 13.8 Å². The van der Waals surface area contributed by atoms with Gasteiger partial charge in [-0.2, -0.15) is 0 Å². The molecule has 2 nitrogen and oxygen atoms in total. The summed E-state index contributed by atoms with van der Waals surface area (Å²) in [5, 5.41) is 0. The van der Waals surface area contributed by atoms with Gasteiger partial charge in [0.25, 0.3) is 0 Å². The molecule has 0 aliphatic rings. The standard InChI is InChI=1S/C12H14O2/c1-7-5-8(2)12(10(4)14)6-11(7)9(3)13/h5-6H,1-4H3. The van der Waals surface area contributed by atoms with Gasteiger partial charge >= 0.3 is 0 Å². The average Bonchev–Trinajstić information content (AvgIpc) is 2.02. The maximum absolute atomic E-state index is 11.2. The van der Waals surface area contributed by atoms with Crippen molar-refractivity contribution in [1.29, 1.82) is 0 Å². The molecule has 0 bridgehead atoms. The van der Waals surface area contributed by atoms with Gasteiger partial charge in [-0.15, -0.1) is 0 Å². The first-order valence-corrected chi connectivity index (χ1v) is 4.56. The van der Waals surface area contributed by atoms with Crippen LogP contribution in [0.4, 0.5) is 0 Å². The highest BCUT2D eigenvalue weighted by molar-refractivity contribution is 6.01. The lowest BCUT2D eigenvalue weighted by atomic mass is 9.96. The van der Waals surface area contributed by atoms with Crippen molar-refractivity contribution in [1.82, 2.24) is 0 Å². The fraction of sp³-hybridized carbons (Fsp3) is 0.333. The molecule has 0 N–H and O–H groups in total. The molecule has 0 spiro atoms. The molecule has 0 atom stereocenters. The summed E-state index contributed by atoms with van der Waals surface area (Å²) in [7, 11) is 0. The van der Waals surface area contributed by atoms with Gasteiger partial charge in [0.2, 0.25) is 0 Å². The van der Waals surface area contributed by atoms with Gasteiger partial charge < -0.3 is 0 Å². The molecular weight excluding hydrogens is 176 g/mol. The summed E-state index contributed by atoms with van der Waals surface area (Å²) in [6.45, 7) is 6.80. The van der Waals surface area contributed by atoms with Crippen LogP contribution in [0.5, 0.6) is 0 Å². The SMILES string of the molecule is CC(=O)c1cc(C(C)=O)c(C)cc1C. The Morgan fingerprint density at radius 2 is 1.21 bits per heavy atom. The molecule has 0 aromatic heterocycles. The fourth-order valence-corrected chi connectivity index (χ4v) is 1.61. The zero-order chi connectivity index (χ0) is 10.9. The molecule has 0 saturated heterocycles. The normalized spacial score (nSPS) is 10.0. The predicted octanol–water partition coefficient (Wildman–Crippen LogP) is 2.71. The third-order valence-corrected chi connectivity index (χ3v) is 2.33. The van der Waals surface area contributed by atoms with Crippen LogP contribution in [0.25, 0.3) is 0 Å². The highest BCUT2D eigenvalue weighted by atomic mass is 16.1. The number of benzene rings is 1.